The average Bonchev–Trinajstić information content (AvgIpc) is 3.61. The number of aryl methyl sites for hydroxylation is 1. The Bertz CT molecular complexity index is 1170. The molecule has 4 rings (SSSR count). The molecule has 0 saturated heterocycles. The molecule has 1 heterocycles. The topological polar surface area (TPSA) is 53.5 Å². The molecule has 2 aromatic rings. The van der Waals surface area contributed by atoms with Crippen molar-refractivity contribution in [3.63, 3.8) is 0 Å². The van der Waals surface area contributed by atoms with E-state index in [9.17, 15) is 9.59 Å². The van der Waals surface area contributed by atoms with Gasteiger partial charge in [0.25, 0.3) is 0 Å². The van der Waals surface area contributed by atoms with Crippen molar-refractivity contribution >= 4 is 12.4 Å². The zero-order valence-electron chi connectivity index (χ0n) is 22.5. The van der Waals surface area contributed by atoms with E-state index in [4.69, 9.17) is 4.98 Å². The van der Waals surface area contributed by atoms with Gasteiger partial charge in [-0.2, -0.15) is 0 Å². The summed E-state index contributed by atoms with van der Waals surface area (Å²) in [7, 11) is 1.71. The van der Waals surface area contributed by atoms with Gasteiger partial charge in [0.1, 0.15) is 0 Å². The number of rotatable bonds is 6. The highest BCUT2D eigenvalue weighted by atomic mass is 16.2. The van der Waals surface area contributed by atoms with Gasteiger partial charge in [0, 0.05) is 35.5 Å². The van der Waals surface area contributed by atoms with Gasteiger partial charge in [-0.1, -0.05) is 58.0 Å². The van der Waals surface area contributed by atoms with Gasteiger partial charge in [0.05, 0.1) is 12.2 Å². The van der Waals surface area contributed by atoms with E-state index in [0.29, 0.717) is 6.41 Å². The van der Waals surface area contributed by atoms with E-state index < -0.39 is 0 Å². The van der Waals surface area contributed by atoms with Crippen LogP contribution in [0.5, 0.6) is 0 Å². The summed E-state index contributed by atoms with van der Waals surface area (Å²) in [5.41, 5.74) is 7.38. The molecule has 1 aromatic carbocycles. The van der Waals surface area contributed by atoms with Gasteiger partial charge >= 0.3 is 6.03 Å². The predicted molar refractivity (Wildman–Crippen MR) is 141 cm³/mol. The lowest BCUT2D eigenvalue weighted by Crippen LogP contribution is -2.43. The fourth-order valence-electron chi connectivity index (χ4n) is 5.25. The van der Waals surface area contributed by atoms with E-state index in [1.165, 1.54) is 27.2 Å². The van der Waals surface area contributed by atoms with Crippen LogP contribution in [0.1, 0.15) is 87.9 Å². The van der Waals surface area contributed by atoms with Crippen molar-refractivity contribution in [2.45, 2.75) is 90.1 Å². The van der Waals surface area contributed by atoms with Gasteiger partial charge in [-0.05, 0) is 67.5 Å². The van der Waals surface area contributed by atoms with Crippen LogP contribution in [0.25, 0.3) is 0 Å². The number of fused-ring (bicyclic) bond motifs is 1. The summed E-state index contributed by atoms with van der Waals surface area (Å²) in [6.07, 6.45) is 9.27. The summed E-state index contributed by atoms with van der Waals surface area (Å²) >= 11 is 0. The summed E-state index contributed by atoms with van der Waals surface area (Å²) in [6, 6.07) is 8.63. The fraction of sp³-hybridized carbons (Fsp3) is 0.500. The van der Waals surface area contributed by atoms with Gasteiger partial charge in [0.15, 0.2) is 0 Å². The Morgan fingerprint density at radius 3 is 2.11 bits per heavy atom. The maximum absolute atomic E-state index is 12.6. The highest BCUT2D eigenvalue weighted by molar-refractivity contribution is 5.84. The quantitative estimate of drug-likeness (QED) is 0.381. The number of carbonyl (C=O) groups is 2. The summed E-state index contributed by atoms with van der Waals surface area (Å²) in [6.45, 7) is 15.4. The molecule has 35 heavy (non-hydrogen) atoms. The molecular formula is C30H39N3O2. The Morgan fingerprint density at radius 2 is 1.63 bits per heavy atom. The number of nitrogens with zero attached hydrogens (tertiary/aromatic N) is 3. The molecule has 1 saturated carbocycles. The third kappa shape index (κ3) is 4.41. The Morgan fingerprint density at radius 1 is 1.03 bits per heavy atom. The van der Waals surface area contributed by atoms with Gasteiger partial charge in [-0.15, -0.1) is 0 Å². The lowest BCUT2D eigenvalue weighted by molar-refractivity contribution is -0.116. The number of allylic oxidation sites excluding steroid dienone is 2. The molecule has 1 fully saturated rings. The summed E-state index contributed by atoms with van der Waals surface area (Å²) in [5, 5.41) is 0. The first-order valence-corrected chi connectivity index (χ1v) is 12.6. The van der Waals surface area contributed by atoms with Crippen molar-refractivity contribution in [1.29, 1.82) is 0 Å². The van der Waals surface area contributed by atoms with E-state index >= 15 is 0 Å². The predicted octanol–water partition coefficient (Wildman–Crippen LogP) is 6.01. The third-order valence-electron chi connectivity index (χ3n) is 8.05. The normalized spacial score (nSPS) is 18.7. The molecule has 3 amide bonds. The molecule has 1 aromatic heterocycles. The van der Waals surface area contributed by atoms with E-state index in [0.717, 1.165) is 24.1 Å². The standard InChI is InChI=1S/C30H39N3O2/c1-20(2)32(8)27(35)33(19-34)18-22-9-10-26(31-17-22)30(13-14-30)23-16-25-24(15-21(23)3)28(4,5)11-12-29(25,6)7/h9-12,15-17,19-20H,13-14,18H2,1-8H3. The number of benzene rings is 1. The van der Waals surface area contributed by atoms with Crippen molar-refractivity contribution in [2.75, 3.05) is 7.05 Å². The number of carbonyl (C=O) groups excluding carboxylic acids is 2. The fourth-order valence-corrected chi connectivity index (χ4v) is 5.25. The van der Waals surface area contributed by atoms with Crippen molar-refractivity contribution in [2.24, 2.45) is 0 Å². The molecule has 0 unspecified atom stereocenters. The first-order chi connectivity index (χ1) is 16.3. The summed E-state index contributed by atoms with van der Waals surface area (Å²) in [5.74, 6) is 0. The van der Waals surface area contributed by atoms with Crippen LogP contribution in [0.15, 0.2) is 42.6 Å². The van der Waals surface area contributed by atoms with Crippen LogP contribution in [0.2, 0.25) is 0 Å². The Hall–Kier alpha value is -2.95. The number of pyridine rings is 1. The SMILES string of the molecule is Cc1cc2c(cc1C1(c3ccc(CN(C=O)C(=O)N(C)C(C)C)cn3)CC1)C(C)(C)C=CC2(C)C. The van der Waals surface area contributed by atoms with E-state index in [-0.39, 0.29) is 34.9 Å². The minimum atomic E-state index is -0.304. The molecule has 5 heteroatoms. The number of urea groups is 1. The van der Waals surface area contributed by atoms with Gasteiger partial charge in [-0.25, -0.2) is 4.79 Å². The second-order valence-electron chi connectivity index (χ2n) is 11.8. The lowest BCUT2D eigenvalue weighted by Gasteiger charge is -2.38. The molecule has 0 atom stereocenters. The van der Waals surface area contributed by atoms with Crippen LogP contribution in [0.3, 0.4) is 0 Å². The molecule has 0 spiro atoms. The lowest BCUT2D eigenvalue weighted by atomic mass is 9.66. The zero-order valence-corrected chi connectivity index (χ0v) is 22.5. The Kier molecular flexibility index (Phi) is 6.19. The van der Waals surface area contributed by atoms with E-state index in [1.54, 1.807) is 11.9 Å². The van der Waals surface area contributed by atoms with Crippen molar-refractivity contribution in [3.8, 4) is 0 Å². The monoisotopic (exact) mass is 473 g/mol. The van der Waals surface area contributed by atoms with Gasteiger partial charge in [-0.3, -0.25) is 14.7 Å². The average molecular weight is 474 g/mol. The van der Waals surface area contributed by atoms with E-state index in [1.807, 2.05) is 26.1 Å². The maximum Gasteiger partial charge on any atom is 0.326 e. The van der Waals surface area contributed by atoms with Crippen LogP contribution in [0, 0.1) is 6.92 Å². The van der Waals surface area contributed by atoms with Crippen LogP contribution in [-0.2, 0) is 27.6 Å². The third-order valence-corrected chi connectivity index (χ3v) is 8.05. The summed E-state index contributed by atoms with van der Waals surface area (Å²) in [4.78, 5) is 31.8. The number of aromatic nitrogens is 1. The van der Waals surface area contributed by atoms with Crippen molar-refractivity contribution < 1.29 is 9.59 Å². The molecular weight excluding hydrogens is 434 g/mol. The van der Waals surface area contributed by atoms with E-state index in [2.05, 4.69) is 65.0 Å². The van der Waals surface area contributed by atoms with Crippen LogP contribution in [-0.4, -0.2) is 40.3 Å². The number of imide groups is 1. The Balaban J connectivity index is 1.63. The first-order valence-electron chi connectivity index (χ1n) is 12.6. The van der Waals surface area contributed by atoms with Crippen molar-refractivity contribution in [1.82, 2.24) is 14.8 Å². The molecule has 0 aliphatic heterocycles. The molecule has 0 N–H and O–H groups in total. The maximum atomic E-state index is 12.6. The smallest absolute Gasteiger partial charge is 0.325 e. The van der Waals surface area contributed by atoms with Gasteiger partial charge < -0.3 is 4.90 Å². The number of hydrogen-bond acceptors (Lipinski definition) is 3. The zero-order chi connectivity index (χ0) is 25.8. The minimum absolute atomic E-state index is 0.00531. The summed E-state index contributed by atoms with van der Waals surface area (Å²) < 4.78 is 0. The number of hydrogen-bond donors (Lipinski definition) is 0. The van der Waals surface area contributed by atoms with Crippen LogP contribution in [0.4, 0.5) is 4.79 Å². The molecule has 0 bridgehead atoms. The molecule has 2 aliphatic rings. The first kappa shape index (κ1) is 25.2. The second-order valence-corrected chi connectivity index (χ2v) is 11.8. The number of amides is 3. The molecule has 0 radical (unpaired) electrons. The van der Waals surface area contributed by atoms with Gasteiger partial charge in [0.2, 0.25) is 6.41 Å². The second kappa shape index (κ2) is 8.61. The minimum Gasteiger partial charge on any atom is -0.325 e. The largest absolute Gasteiger partial charge is 0.326 e. The van der Waals surface area contributed by atoms with Crippen LogP contribution >= 0.6 is 0 Å². The highest BCUT2D eigenvalue weighted by Gasteiger charge is 2.49. The Labute approximate surface area is 210 Å². The highest BCUT2D eigenvalue weighted by Crippen LogP contribution is 2.55. The molecule has 5 nitrogen and oxygen atoms in total. The van der Waals surface area contributed by atoms with Crippen LogP contribution < -0.4 is 0 Å². The molecule has 186 valence electrons. The molecule has 2 aliphatic carbocycles. The van der Waals surface area contributed by atoms with Crippen molar-refractivity contribution in [3.05, 3.63) is 76.1 Å².